The van der Waals surface area contributed by atoms with Gasteiger partial charge in [-0.2, -0.15) is 0 Å². The summed E-state index contributed by atoms with van der Waals surface area (Å²) in [6, 6.07) is 7.92. The minimum absolute atomic E-state index is 0.199. The van der Waals surface area contributed by atoms with Crippen LogP contribution in [0.1, 0.15) is 76.4 Å². The molecule has 1 aliphatic carbocycles. The van der Waals surface area contributed by atoms with Crippen molar-refractivity contribution in [3.8, 4) is 0 Å². The van der Waals surface area contributed by atoms with E-state index in [4.69, 9.17) is 9.47 Å². The molecule has 0 saturated carbocycles. The second-order valence-electron chi connectivity index (χ2n) is 8.25. The Morgan fingerprint density at radius 3 is 2.56 bits per heavy atom. The number of nitrogens with one attached hydrogen (secondary N) is 1. The molecule has 1 amide bonds. The first-order valence-electron chi connectivity index (χ1n) is 11.8. The fraction of sp³-hybridized carbons (Fsp3) is 0.423. The molecule has 1 aliphatic rings. The van der Waals surface area contributed by atoms with Crippen molar-refractivity contribution in [2.45, 2.75) is 59.4 Å². The van der Waals surface area contributed by atoms with Crippen LogP contribution in [-0.2, 0) is 27.2 Å². The van der Waals surface area contributed by atoms with Crippen LogP contribution in [0.2, 0.25) is 0 Å². The standard InChI is InChI=1S/C26H30N2O5S/c1-5-28-18-13-9-8-11-16(18)15(4)22(28)23(29)27-24-21(26(31)33-7-3)20-17(25(30)32-6-2)12-10-14-19(20)34-24/h8-9,11,13,17H,5-7,10,12,14H2,1-4H3,(H,27,29). The number of aryl methyl sites for hydroxylation is 3. The van der Waals surface area contributed by atoms with Gasteiger partial charge >= 0.3 is 11.9 Å². The van der Waals surface area contributed by atoms with Crippen LogP contribution in [0, 0.1) is 6.92 Å². The molecule has 1 atom stereocenters. The predicted molar refractivity (Wildman–Crippen MR) is 133 cm³/mol. The Kier molecular flexibility index (Phi) is 7.07. The summed E-state index contributed by atoms with van der Waals surface area (Å²) in [5.74, 6) is -1.69. The Bertz CT molecular complexity index is 1260. The Balaban J connectivity index is 1.79. The predicted octanol–water partition coefficient (Wildman–Crippen LogP) is 5.44. The second-order valence-corrected chi connectivity index (χ2v) is 9.35. The van der Waals surface area contributed by atoms with Gasteiger partial charge in [0, 0.05) is 22.3 Å². The van der Waals surface area contributed by atoms with E-state index in [1.54, 1.807) is 13.8 Å². The lowest BCUT2D eigenvalue weighted by Gasteiger charge is -2.22. The van der Waals surface area contributed by atoms with Gasteiger partial charge in [0.05, 0.1) is 24.7 Å². The molecular weight excluding hydrogens is 452 g/mol. The lowest BCUT2D eigenvalue weighted by Crippen LogP contribution is -2.23. The Hall–Kier alpha value is -3.13. The van der Waals surface area contributed by atoms with Crippen LogP contribution in [0.5, 0.6) is 0 Å². The van der Waals surface area contributed by atoms with E-state index in [9.17, 15) is 14.4 Å². The van der Waals surface area contributed by atoms with E-state index in [0.29, 0.717) is 29.2 Å². The van der Waals surface area contributed by atoms with Gasteiger partial charge in [-0.05, 0) is 64.2 Å². The molecule has 4 rings (SSSR count). The number of ether oxygens (including phenoxy) is 2. The lowest BCUT2D eigenvalue weighted by atomic mass is 9.85. The third-order valence-electron chi connectivity index (χ3n) is 6.30. The van der Waals surface area contributed by atoms with Gasteiger partial charge in [-0.25, -0.2) is 4.79 Å². The van der Waals surface area contributed by atoms with Gasteiger partial charge in [0.1, 0.15) is 10.7 Å². The summed E-state index contributed by atoms with van der Waals surface area (Å²) in [5, 5.41) is 4.45. The van der Waals surface area contributed by atoms with Crippen LogP contribution in [0.4, 0.5) is 5.00 Å². The zero-order valence-electron chi connectivity index (χ0n) is 20.0. The average molecular weight is 483 g/mol. The summed E-state index contributed by atoms with van der Waals surface area (Å²) in [4.78, 5) is 40.3. The van der Waals surface area contributed by atoms with Crippen molar-refractivity contribution in [1.29, 1.82) is 0 Å². The molecule has 3 aromatic rings. The van der Waals surface area contributed by atoms with E-state index in [1.165, 1.54) is 11.3 Å². The molecule has 0 fully saturated rings. The Labute approximate surface area is 203 Å². The van der Waals surface area contributed by atoms with Gasteiger partial charge in [-0.3, -0.25) is 9.59 Å². The number of hydrogen-bond donors (Lipinski definition) is 1. The quantitative estimate of drug-likeness (QED) is 0.453. The highest BCUT2D eigenvalue weighted by atomic mass is 32.1. The highest BCUT2D eigenvalue weighted by Crippen LogP contribution is 2.44. The maximum atomic E-state index is 13.6. The van der Waals surface area contributed by atoms with Crippen molar-refractivity contribution in [1.82, 2.24) is 4.57 Å². The first-order valence-corrected chi connectivity index (χ1v) is 12.6. The zero-order chi connectivity index (χ0) is 24.4. The molecule has 7 nitrogen and oxygen atoms in total. The number of nitrogens with zero attached hydrogens (tertiary/aromatic N) is 1. The molecule has 0 aliphatic heterocycles. The van der Waals surface area contributed by atoms with Crippen molar-refractivity contribution in [3.63, 3.8) is 0 Å². The monoisotopic (exact) mass is 482 g/mol. The van der Waals surface area contributed by atoms with Crippen LogP contribution >= 0.6 is 11.3 Å². The molecule has 1 N–H and O–H groups in total. The summed E-state index contributed by atoms with van der Waals surface area (Å²) < 4.78 is 12.6. The number of anilines is 1. The molecule has 2 aromatic heterocycles. The molecule has 0 radical (unpaired) electrons. The van der Waals surface area contributed by atoms with E-state index >= 15 is 0 Å². The van der Waals surface area contributed by atoms with Crippen LogP contribution in [0.15, 0.2) is 24.3 Å². The largest absolute Gasteiger partial charge is 0.466 e. The van der Waals surface area contributed by atoms with E-state index < -0.39 is 11.9 Å². The third kappa shape index (κ3) is 4.11. The lowest BCUT2D eigenvalue weighted by molar-refractivity contribution is -0.145. The number of thiophene rings is 1. The first kappa shape index (κ1) is 24.0. The van der Waals surface area contributed by atoms with Gasteiger partial charge < -0.3 is 19.4 Å². The molecule has 180 valence electrons. The van der Waals surface area contributed by atoms with Crippen LogP contribution in [0.25, 0.3) is 10.9 Å². The van der Waals surface area contributed by atoms with Crippen molar-refractivity contribution in [2.75, 3.05) is 18.5 Å². The number of esters is 2. The minimum atomic E-state index is -0.533. The van der Waals surface area contributed by atoms with Gasteiger partial charge in [-0.15, -0.1) is 11.3 Å². The normalized spacial score (nSPS) is 15.1. The number of para-hydroxylation sites is 1. The highest BCUT2D eigenvalue weighted by molar-refractivity contribution is 7.17. The fourth-order valence-electron chi connectivity index (χ4n) is 4.89. The molecular formula is C26H30N2O5S. The fourth-order valence-corrected chi connectivity index (χ4v) is 6.18. The van der Waals surface area contributed by atoms with Gasteiger partial charge in [0.25, 0.3) is 5.91 Å². The number of carbonyl (C=O) groups excluding carboxylic acids is 3. The number of hydrogen-bond acceptors (Lipinski definition) is 6. The van der Waals surface area contributed by atoms with Crippen molar-refractivity contribution >= 4 is 45.1 Å². The van der Waals surface area contributed by atoms with Crippen LogP contribution < -0.4 is 5.32 Å². The third-order valence-corrected chi connectivity index (χ3v) is 7.48. The van der Waals surface area contributed by atoms with Gasteiger partial charge in [-0.1, -0.05) is 18.2 Å². The maximum Gasteiger partial charge on any atom is 0.341 e. The number of fused-ring (bicyclic) bond motifs is 2. The van der Waals surface area contributed by atoms with Gasteiger partial charge in [0.2, 0.25) is 0 Å². The Morgan fingerprint density at radius 1 is 1.12 bits per heavy atom. The van der Waals surface area contributed by atoms with Crippen molar-refractivity contribution in [3.05, 3.63) is 51.5 Å². The van der Waals surface area contributed by atoms with E-state index in [0.717, 1.165) is 34.2 Å². The molecule has 0 spiro atoms. The summed E-state index contributed by atoms with van der Waals surface area (Å²) in [6.45, 7) is 8.54. The van der Waals surface area contributed by atoms with Crippen molar-refractivity contribution < 1.29 is 23.9 Å². The maximum absolute atomic E-state index is 13.6. The van der Waals surface area contributed by atoms with E-state index in [1.807, 2.05) is 42.7 Å². The SMILES string of the molecule is CCOC(=O)c1c(NC(=O)c2c(C)c3ccccc3n2CC)sc2c1C(C(=O)OCC)CCC2. The second kappa shape index (κ2) is 10.0. The highest BCUT2D eigenvalue weighted by Gasteiger charge is 2.37. The van der Waals surface area contributed by atoms with E-state index in [2.05, 4.69) is 5.32 Å². The summed E-state index contributed by atoms with van der Waals surface area (Å²) >= 11 is 1.35. The molecule has 34 heavy (non-hydrogen) atoms. The number of rotatable bonds is 7. The molecule has 0 saturated heterocycles. The number of benzene rings is 1. The smallest absolute Gasteiger partial charge is 0.341 e. The van der Waals surface area contributed by atoms with Crippen LogP contribution in [-0.4, -0.2) is 35.6 Å². The molecule has 0 bridgehead atoms. The van der Waals surface area contributed by atoms with Crippen molar-refractivity contribution in [2.24, 2.45) is 0 Å². The number of amides is 1. The molecule has 2 heterocycles. The van der Waals surface area contributed by atoms with Gasteiger partial charge in [0.15, 0.2) is 0 Å². The topological polar surface area (TPSA) is 86.6 Å². The zero-order valence-corrected chi connectivity index (χ0v) is 20.8. The summed E-state index contributed by atoms with van der Waals surface area (Å²) in [7, 11) is 0. The number of carbonyl (C=O) groups is 3. The molecule has 1 aromatic carbocycles. The van der Waals surface area contributed by atoms with E-state index in [-0.39, 0.29) is 30.7 Å². The molecule has 8 heteroatoms. The Morgan fingerprint density at radius 2 is 1.85 bits per heavy atom. The first-order chi connectivity index (χ1) is 16.4. The number of aromatic nitrogens is 1. The average Bonchev–Trinajstić information content (AvgIpc) is 3.33. The molecule has 1 unspecified atom stereocenters. The minimum Gasteiger partial charge on any atom is -0.466 e. The van der Waals surface area contributed by atoms with Crippen LogP contribution in [0.3, 0.4) is 0 Å². The summed E-state index contributed by atoms with van der Waals surface area (Å²) in [5.41, 5.74) is 3.37. The summed E-state index contributed by atoms with van der Waals surface area (Å²) in [6.07, 6.45) is 2.16.